The lowest BCUT2D eigenvalue weighted by molar-refractivity contribution is 0.0976. The van der Waals surface area contributed by atoms with Crippen LogP contribution in [0.15, 0.2) is 94.7 Å². The van der Waals surface area contributed by atoms with Crippen molar-refractivity contribution in [1.29, 1.82) is 0 Å². The van der Waals surface area contributed by atoms with Crippen molar-refractivity contribution in [2.24, 2.45) is 0 Å². The van der Waals surface area contributed by atoms with Gasteiger partial charge in [-0.2, -0.15) is 0 Å². The standard InChI is InChI=1S/C9H9ClO.2C7H5NO3S/c10-11-8-4-7-9-5-2-1-3-6-9;2*9-7-5-3-1-2-4-6(5)12(10,11)8-7/h1-7H,8H2;2*1-4H,(H,8,9). The lowest BCUT2D eigenvalue weighted by atomic mass is 10.2. The van der Waals surface area contributed by atoms with Crippen molar-refractivity contribution in [3.8, 4) is 0 Å². The Balaban J connectivity index is 0.000000147. The molecule has 3 aromatic rings. The molecule has 5 rings (SSSR count). The van der Waals surface area contributed by atoms with Gasteiger partial charge in [0.05, 0.1) is 29.6 Å². The molecule has 0 radical (unpaired) electrons. The van der Waals surface area contributed by atoms with Gasteiger partial charge in [0.15, 0.2) is 0 Å². The zero-order valence-corrected chi connectivity index (χ0v) is 20.3. The van der Waals surface area contributed by atoms with E-state index in [0.29, 0.717) is 6.61 Å². The van der Waals surface area contributed by atoms with Gasteiger partial charge in [0.2, 0.25) is 0 Å². The molecule has 0 bridgehead atoms. The molecule has 2 aliphatic rings. The van der Waals surface area contributed by atoms with Crippen molar-refractivity contribution in [3.05, 3.63) is 102 Å². The largest absolute Gasteiger partial charge is 0.275 e. The Hall–Kier alpha value is -3.51. The van der Waals surface area contributed by atoms with Crippen LogP contribution in [0.3, 0.4) is 0 Å². The number of sulfonamides is 2. The summed E-state index contributed by atoms with van der Waals surface area (Å²) in [5.74, 6) is -1.10. The molecule has 2 aliphatic heterocycles. The topological polar surface area (TPSA) is 136 Å². The third kappa shape index (κ3) is 6.55. The quantitative estimate of drug-likeness (QED) is 0.527. The second-order valence-electron chi connectivity index (χ2n) is 6.95. The molecule has 0 saturated heterocycles. The summed E-state index contributed by atoms with van der Waals surface area (Å²) in [6, 6.07) is 22.2. The lowest BCUT2D eigenvalue weighted by Gasteiger charge is -1.91. The SMILES string of the molecule is ClOCC=Cc1ccccc1.O=C1NS(=O)(=O)c2ccccc21.O=C1NS(=O)(=O)c2ccccc21. The van der Waals surface area contributed by atoms with E-state index in [1.807, 2.05) is 51.9 Å². The van der Waals surface area contributed by atoms with E-state index in [2.05, 4.69) is 4.29 Å². The maximum atomic E-state index is 11.1. The number of hydrogen-bond acceptors (Lipinski definition) is 7. The van der Waals surface area contributed by atoms with E-state index in [-0.39, 0.29) is 20.9 Å². The molecule has 182 valence electrons. The highest BCUT2D eigenvalue weighted by molar-refractivity contribution is 7.91. The zero-order chi connectivity index (χ0) is 25.5. The van der Waals surface area contributed by atoms with E-state index in [4.69, 9.17) is 11.9 Å². The summed E-state index contributed by atoms with van der Waals surface area (Å²) in [4.78, 5) is 22.1. The first-order valence-electron chi connectivity index (χ1n) is 9.93. The normalized spacial score (nSPS) is 16.0. The fraction of sp³-hybridized carbons (Fsp3) is 0.0435. The smallest absolute Gasteiger partial charge is 0.266 e. The van der Waals surface area contributed by atoms with Crippen molar-refractivity contribution < 1.29 is 30.7 Å². The van der Waals surface area contributed by atoms with Gasteiger partial charge < -0.3 is 0 Å². The summed E-state index contributed by atoms with van der Waals surface area (Å²) >= 11 is 5.02. The fourth-order valence-electron chi connectivity index (χ4n) is 3.03. The van der Waals surface area contributed by atoms with Crippen LogP contribution in [0.25, 0.3) is 6.08 Å². The molecule has 0 aliphatic carbocycles. The van der Waals surface area contributed by atoms with Crippen molar-refractivity contribution in [2.75, 3.05) is 6.61 Å². The minimum absolute atomic E-state index is 0.0648. The number of carbonyl (C=O) groups is 2. The van der Waals surface area contributed by atoms with Crippen LogP contribution in [0.2, 0.25) is 0 Å². The monoisotopic (exact) mass is 534 g/mol. The summed E-state index contributed by atoms with van der Waals surface area (Å²) < 4.78 is 52.7. The summed E-state index contributed by atoms with van der Waals surface area (Å²) in [7, 11) is -7.11. The Bertz CT molecular complexity index is 1380. The van der Waals surface area contributed by atoms with Gasteiger partial charge >= 0.3 is 0 Å². The van der Waals surface area contributed by atoms with E-state index in [1.54, 1.807) is 24.3 Å². The second kappa shape index (κ2) is 11.3. The van der Waals surface area contributed by atoms with Crippen molar-refractivity contribution >= 4 is 49.8 Å². The Morgan fingerprint density at radius 2 is 1.11 bits per heavy atom. The van der Waals surface area contributed by atoms with Crippen LogP contribution >= 0.6 is 11.9 Å². The Labute approximate surface area is 207 Å². The molecular formula is C23H19ClN2O7S2. The van der Waals surface area contributed by atoms with Gasteiger partial charge in [0.25, 0.3) is 31.9 Å². The number of nitrogens with one attached hydrogen (secondary N) is 2. The fourth-order valence-corrected chi connectivity index (χ4v) is 5.44. The summed E-state index contributed by atoms with van der Waals surface area (Å²) in [6.07, 6.45) is 3.82. The molecule has 0 aromatic heterocycles. The van der Waals surface area contributed by atoms with E-state index in [9.17, 15) is 26.4 Å². The predicted octanol–water partition coefficient (Wildman–Crippen LogP) is 3.11. The molecule has 9 nitrogen and oxygen atoms in total. The van der Waals surface area contributed by atoms with Gasteiger partial charge in [-0.1, -0.05) is 66.7 Å². The third-order valence-electron chi connectivity index (χ3n) is 4.57. The van der Waals surface area contributed by atoms with E-state index in [1.165, 1.54) is 24.3 Å². The average molecular weight is 535 g/mol. The van der Waals surface area contributed by atoms with Gasteiger partial charge in [-0.25, -0.2) is 26.3 Å². The number of rotatable bonds is 3. The van der Waals surface area contributed by atoms with E-state index < -0.39 is 31.9 Å². The van der Waals surface area contributed by atoms with Gasteiger partial charge in [0.1, 0.15) is 9.79 Å². The molecule has 2 amide bonds. The van der Waals surface area contributed by atoms with Gasteiger partial charge in [-0.05, 0) is 29.8 Å². The van der Waals surface area contributed by atoms with Crippen LogP contribution in [0.1, 0.15) is 26.3 Å². The van der Waals surface area contributed by atoms with Crippen LogP contribution in [-0.2, 0) is 24.3 Å². The van der Waals surface area contributed by atoms with E-state index >= 15 is 0 Å². The number of fused-ring (bicyclic) bond motifs is 2. The van der Waals surface area contributed by atoms with Gasteiger partial charge in [-0.3, -0.25) is 13.9 Å². The zero-order valence-electron chi connectivity index (χ0n) is 17.9. The molecule has 0 unspecified atom stereocenters. The minimum Gasteiger partial charge on any atom is -0.275 e. The third-order valence-corrected chi connectivity index (χ3v) is 7.47. The van der Waals surface area contributed by atoms with Crippen LogP contribution < -0.4 is 9.44 Å². The Morgan fingerprint density at radius 1 is 0.686 bits per heavy atom. The molecular weight excluding hydrogens is 516 g/mol. The van der Waals surface area contributed by atoms with Crippen LogP contribution in [-0.4, -0.2) is 35.3 Å². The Kier molecular flexibility index (Phi) is 8.41. The molecule has 12 heteroatoms. The predicted molar refractivity (Wildman–Crippen MR) is 129 cm³/mol. The average Bonchev–Trinajstić information content (AvgIpc) is 3.23. The highest BCUT2D eigenvalue weighted by Gasteiger charge is 2.32. The number of hydrogen-bond donors (Lipinski definition) is 2. The van der Waals surface area contributed by atoms with E-state index in [0.717, 1.165) is 5.56 Å². The lowest BCUT2D eigenvalue weighted by Crippen LogP contribution is -2.20. The molecule has 2 N–H and O–H groups in total. The summed E-state index contributed by atoms with van der Waals surface area (Å²) in [5, 5.41) is 0. The number of halogens is 1. The molecule has 0 atom stereocenters. The van der Waals surface area contributed by atoms with Crippen LogP contribution in [0, 0.1) is 0 Å². The van der Waals surface area contributed by atoms with Crippen molar-refractivity contribution in [1.82, 2.24) is 9.44 Å². The first kappa shape index (κ1) is 26.1. The maximum Gasteiger partial charge on any atom is 0.266 e. The maximum absolute atomic E-state index is 11.1. The molecule has 0 spiro atoms. The summed E-state index contributed by atoms with van der Waals surface area (Å²) in [6.45, 7) is 0.441. The first-order valence-corrected chi connectivity index (χ1v) is 13.2. The molecule has 0 saturated carbocycles. The molecule has 35 heavy (non-hydrogen) atoms. The number of amides is 2. The second-order valence-corrected chi connectivity index (χ2v) is 10.5. The minimum atomic E-state index is -3.55. The highest BCUT2D eigenvalue weighted by Crippen LogP contribution is 2.21. The number of carbonyl (C=O) groups excluding carboxylic acids is 2. The Morgan fingerprint density at radius 3 is 1.54 bits per heavy atom. The molecule has 2 heterocycles. The molecule has 3 aromatic carbocycles. The van der Waals surface area contributed by atoms with Crippen molar-refractivity contribution in [2.45, 2.75) is 9.79 Å². The highest BCUT2D eigenvalue weighted by atomic mass is 35.5. The molecule has 0 fully saturated rings. The van der Waals surface area contributed by atoms with Crippen LogP contribution in [0.4, 0.5) is 0 Å². The number of benzene rings is 3. The van der Waals surface area contributed by atoms with Crippen LogP contribution in [0.5, 0.6) is 0 Å². The summed E-state index contributed by atoms with van der Waals surface area (Å²) in [5.41, 5.74) is 1.59. The van der Waals surface area contributed by atoms with Crippen molar-refractivity contribution in [3.63, 3.8) is 0 Å². The van der Waals surface area contributed by atoms with Gasteiger partial charge in [-0.15, -0.1) is 0 Å². The first-order chi connectivity index (χ1) is 16.7. The van der Waals surface area contributed by atoms with Gasteiger partial charge in [0, 0.05) is 0 Å².